The van der Waals surface area contributed by atoms with Crippen LogP contribution in [0.25, 0.3) is 0 Å². The standard InChI is InChI=1S/C47H80O17/c1-23-18-24(2)45(9,51)61-36(23)31-19-32(58-35-20-30(53-10)40(55-12)28(6)57-35)42(59-31)44(8)15-14-33(60-44)43(7)16-17-46(64-43)21-29(48)25(3)37(62-46)26(4)38-41(56-13)39(54-11)27(5)47(52,63-38)22-34(49)50/h23-33,35-42,48,51-52H,14-22H2,1-13H3,(H,49,50)/t23-,24+,25+,26+,27-,28+,29-,30+,31+,32+,33+,35-,36-,37-,38-,39-,40+,41-,42+,43-,44-,45-,46+,47+/m0/s1. The molecule has 17 nitrogen and oxygen atoms in total. The van der Waals surface area contributed by atoms with Crippen LogP contribution in [0.5, 0.6) is 0 Å². The van der Waals surface area contributed by atoms with Crippen LogP contribution in [0, 0.1) is 29.6 Å². The van der Waals surface area contributed by atoms with Gasteiger partial charge in [0.15, 0.2) is 23.7 Å². The van der Waals surface area contributed by atoms with E-state index in [1.807, 2.05) is 34.6 Å². The highest BCUT2D eigenvalue weighted by atomic mass is 16.7. The summed E-state index contributed by atoms with van der Waals surface area (Å²) >= 11 is 0. The number of carboxylic acid groups (broad SMARTS) is 1. The molecule has 64 heavy (non-hydrogen) atoms. The van der Waals surface area contributed by atoms with E-state index in [9.17, 15) is 25.2 Å². The first kappa shape index (κ1) is 50.7. The molecule has 7 rings (SSSR count). The van der Waals surface area contributed by atoms with Gasteiger partial charge in [0.2, 0.25) is 0 Å². The summed E-state index contributed by atoms with van der Waals surface area (Å²) in [4.78, 5) is 11.9. The fourth-order valence-electron chi connectivity index (χ4n) is 12.7. The van der Waals surface area contributed by atoms with E-state index < -0.39 is 102 Å². The molecule has 0 aromatic rings. The zero-order chi connectivity index (χ0) is 46.9. The molecule has 370 valence electrons. The van der Waals surface area contributed by atoms with Gasteiger partial charge in [-0.3, -0.25) is 4.79 Å². The summed E-state index contributed by atoms with van der Waals surface area (Å²) in [7, 11) is 6.37. The van der Waals surface area contributed by atoms with Crippen molar-refractivity contribution in [1.82, 2.24) is 0 Å². The minimum absolute atomic E-state index is 0.0406. The van der Waals surface area contributed by atoms with Crippen molar-refractivity contribution in [3.63, 3.8) is 0 Å². The number of aliphatic carboxylic acids is 1. The molecule has 4 N–H and O–H groups in total. The Balaban J connectivity index is 1.09. The lowest BCUT2D eigenvalue weighted by molar-refractivity contribution is -0.365. The quantitative estimate of drug-likeness (QED) is 0.203. The third-order valence-corrected chi connectivity index (χ3v) is 16.8. The van der Waals surface area contributed by atoms with Crippen molar-refractivity contribution in [1.29, 1.82) is 0 Å². The first-order valence-electron chi connectivity index (χ1n) is 23.8. The zero-order valence-corrected chi connectivity index (χ0v) is 40.4. The number of rotatable bonds is 13. The molecule has 0 aliphatic carbocycles. The lowest BCUT2D eigenvalue weighted by Gasteiger charge is -2.53. The largest absolute Gasteiger partial charge is 0.481 e. The van der Waals surface area contributed by atoms with E-state index in [1.54, 1.807) is 28.1 Å². The van der Waals surface area contributed by atoms with Gasteiger partial charge in [0.1, 0.15) is 18.3 Å². The molecule has 0 amide bonds. The Morgan fingerprint density at radius 2 is 1.45 bits per heavy atom. The van der Waals surface area contributed by atoms with E-state index in [0.29, 0.717) is 38.5 Å². The summed E-state index contributed by atoms with van der Waals surface area (Å²) in [5, 5.41) is 44.3. The van der Waals surface area contributed by atoms with Crippen LogP contribution in [0.4, 0.5) is 0 Å². The summed E-state index contributed by atoms with van der Waals surface area (Å²) in [6, 6.07) is 0. The highest BCUT2D eigenvalue weighted by Crippen LogP contribution is 2.55. The molecular weight excluding hydrogens is 836 g/mol. The molecule has 17 heteroatoms. The molecule has 1 spiro atoms. The predicted molar refractivity (Wildman–Crippen MR) is 228 cm³/mol. The van der Waals surface area contributed by atoms with E-state index in [1.165, 1.54) is 14.2 Å². The van der Waals surface area contributed by atoms with Crippen LogP contribution in [0.3, 0.4) is 0 Å². The molecule has 0 aromatic heterocycles. The Labute approximate surface area is 379 Å². The molecule has 7 heterocycles. The minimum Gasteiger partial charge on any atom is -0.481 e. The Morgan fingerprint density at radius 1 is 0.766 bits per heavy atom. The van der Waals surface area contributed by atoms with Crippen molar-refractivity contribution in [3.8, 4) is 0 Å². The van der Waals surface area contributed by atoms with Crippen molar-refractivity contribution >= 4 is 5.97 Å². The lowest BCUT2D eigenvalue weighted by Crippen LogP contribution is -2.65. The van der Waals surface area contributed by atoms with Gasteiger partial charge in [-0.05, 0) is 59.3 Å². The number of hydrogen-bond acceptors (Lipinski definition) is 16. The van der Waals surface area contributed by atoms with Crippen LogP contribution >= 0.6 is 0 Å². The highest BCUT2D eigenvalue weighted by molar-refractivity contribution is 5.68. The van der Waals surface area contributed by atoms with E-state index in [-0.39, 0.29) is 60.8 Å². The minimum atomic E-state index is -2.03. The average molecular weight is 917 g/mol. The van der Waals surface area contributed by atoms with Crippen LogP contribution < -0.4 is 0 Å². The number of aliphatic hydroxyl groups excluding tert-OH is 1. The maximum Gasteiger partial charge on any atom is 0.308 e. The third-order valence-electron chi connectivity index (χ3n) is 16.8. The number of aliphatic hydroxyl groups is 3. The second-order valence-electron chi connectivity index (χ2n) is 21.3. The normalized spacial score (nSPS) is 54.1. The summed E-state index contributed by atoms with van der Waals surface area (Å²) in [6.07, 6.45) is -3.18. The molecule has 7 saturated heterocycles. The SMILES string of the molecule is CO[C@@H]1[C@@H](OC)[C@H](C)[C@@](O)(CC(=O)O)O[C@H]1[C@H](C)[C@H]1O[C@@]2(CC[C@@](C)([C@H]3CC[C@@](C)([C@@H]4O[C@@H]([C@H]5O[C@](C)(O)[C@H](C)C[C@@H]5C)C[C@H]4O[C@H]4C[C@@H](OC)[C@H](OC)[C@@H](C)O4)O3)O2)C[C@H](O)[C@H]1C. The van der Waals surface area contributed by atoms with E-state index >= 15 is 0 Å². The zero-order valence-electron chi connectivity index (χ0n) is 40.4. The Kier molecular flexibility index (Phi) is 15.1. The topological polar surface area (TPSA) is 209 Å². The number of carboxylic acids is 1. The van der Waals surface area contributed by atoms with Gasteiger partial charge in [0.05, 0.1) is 78.7 Å². The third kappa shape index (κ3) is 9.46. The molecule has 7 aliphatic rings. The smallest absolute Gasteiger partial charge is 0.308 e. The molecule has 0 unspecified atom stereocenters. The Bertz CT molecular complexity index is 1600. The fourth-order valence-corrected chi connectivity index (χ4v) is 12.7. The summed E-state index contributed by atoms with van der Waals surface area (Å²) < 4.78 is 77.6. The molecule has 24 atom stereocenters. The van der Waals surface area contributed by atoms with Crippen LogP contribution in [0.2, 0.25) is 0 Å². The van der Waals surface area contributed by atoms with Crippen LogP contribution in [-0.4, -0.2) is 169 Å². The van der Waals surface area contributed by atoms with E-state index in [4.69, 9.17) is 56.8 Å². The number of ether oxygens (including phenoxy) is 12. The lowest BCUT2D eigenvalue weighted by atomic mass is 9.75. The fraction of sp³-hybridized carbons (Fsp3) is 0.979. The molecule has 0 saturated carbocycles. The molecule has 0 aromatic carbocycles. The second-order valence-corrected chi connectivity index (χ2v) is 21.3. The first-order valence-corrected chi connectivity index (χ1v) is 23.8. The van der Waals surface area contributed by atoms with Crippen molar-refractivity contribution in [2.75, 3.05) is 28.4 Å². The number of carbonyl (C=O) groups is 1. The molecule has 7 aliphatic heterocycles. The monoisotopic (exact) mass is 917 g/mol. The predicted octanol–water partition coefficient (Wildman–Crippen LogP) is 4.32. The van der Waals surface area contributed by atoms with Crippen molar-refractivity contribution in [2.24, 2.45) is 29.6 Å². The van der Waals surface area contributed by atoms with Gasteiger partial charge in [-0.25, -0.2) is 0 Å². The molecule has 7 fully saturated rings. The first-order chi connectivity index (χ1) is 30.0. The summed E-state index contributed by atoms with van der Waals surface area (Å²) in [6.45, 7) is 17.5. The van der Waals surface area contributed by atoms with Crippen LogP contribution in [-0.2, 0) is 61.6 Å². The van der Waals surface area contributed by atoms with Crippen molar-refractivity contribution in [3.05, 3.63) is 0 Å². The average Bonchev–Trinajstić information content (AvgIpc) is 3.94. The van der Waals surface area contributed by atoms with Crippen molar-refractivity contribution < 1.29 is 82.1 Å². The number of methoxy groups -OCH3 is 4. The van der Waals surface area contributed by atoms with Gasteiger partial charge in [-0.15, -0.1) is 0 Å². The van der Waals surface area contributed by atoms with Crippen LogP contribution in [0.15, 0.2) is 0 Å². The summed E-state index contributed by atoms with van der Waals surface area (Å²) in [5.74, 6) is -7.18. The summed E-state index contributed by atoms with van der Waals surface area (Å²) in [5.41, 5.74) is -1.60. The van der Waals surface area contributed by atoms with Gasteiger partial charge >= 0.3 is 5.97 Å². The van der Waals surface area contributed by atoms with Gasteiger partial charge in [0, 0.05) is 77.8 Å². The van der Waals surface area contributed by atoms with E-state index in [2.05, 4.69) is 13.8 Å². The Morgan fingerprint density at radius 3 is 2.09 bits per heavy atom. The van der Waals surface area contributed by atoms with Crippen molar-refractivity contribution in [2.45, 2.75) is 234 Å². The maximum absolute atomic E-state index is 11.9. The molecule has 0 radical (unpaired) electrons. The second kappa shape index (κ2) is 19.0. The van der Waals surface area contributed by atoms with Gasteiger partial charge in [-0.1, -0.05) is 34.6 Å². The Hall–Kier alpha value is -1.13. The van der Waals surface area contributed by atoms with E-state index in [0.717, 1.165) is 6.42 Å². The van der Waals surface area contributed by atoms with Crippen LogP contribution in [0.1, 0.15) is 120 Å². The van der Waals surface area contributed by atoms with Gasteiger partial charge < -0.3 is 77.3 Å². The number of hydrogen-bond donors (Lipinski definition) is 4. The highest BCUT2D eigenvalue weighted by Gasteiger charge is 2.64. The molecule has 0 bridgehead atoms. The van der Waals surface area contributed by atoms with Gasteiger partial charge in [0.25, 0.3) is 0 Å². The molecular formula is C47H80O17. The van der Waals surface area contributed by atoms with Gasteiger partial charge in [-0.2, -0.15) is 0 Å². The maximum atomic E-state index is 11.9.